The summed E-state index contributed by atoms with van der Waals surface area (Å²) in [5.41, 5.74) is -0.952. The van der Waals surface area contributed by atoms with Gasteiger partial charge in [0.2, 0.25) is 11.9 Å². The second kappa shape index (κ2) is 8.71. The number of thiophene rings is 1. The van der Waals surface area contributed by atoms with Crippen LogP contribution in [0.1, 0.15) is 58.6 Å². The molecule has 2 fully saturated rings. The second-order valence-corrected chi connectivity index (χ2v) is 10.3. The van der Waals surface area contributed by atoms with Gasteiger partial charge in [0.05, 0.1) is 5.56 Å². The molecule has 2 aromatic heterocycles. The zero-order chi connectivity index (χ0) is 24.0. The molecule has 182 valence electrons. The number of aromatic nitrogens is 2. The van der Waals surface area contributed by atoms with E-state index >= 15 is 0 Å². The predicted molar refractivity (Wildman–Crippen MR) is 120 cm³/mol. The van der Waals surface area contributed by atoms with Gasteiger partial charge in [0.15, 0.2) is 0 Å². The van der Waals surface area contributed by atoms with Crippen molar-refractivity contribution in [2.24, 2.45) is 11.8 Å². The maximum Gasteiger partial charge on any atom is 0.431 e. The molecule has 0 bridgehead atoms. The number of H-pyrrole nitrogens is 1. The minimum absolute atomic E-state index is 0.0141. The lowest BCUT2D eigenvalue weighted by Gasteiger charge is -2.24. The van der Waals surface area contributed by atoms with Crippen LogP contribution >= 0.6 is 11.3 Å². The maximum absolute atomic E-state index is 13.1. The van der Waals surface area contributed by atoms with Crippen molar-refractivity contribution in [1.29, 1.82) is 0 Å². The number of aromatic amines is 1. The monoisotopic (exact) mass is 495 g/mol. The Morgan fingerprint density at radius 3 is 2.62 bits per heavy atom. The molecule has 0 aliphatic heterocycles. The van der Waals surface area contributed by atoms with Gasteiger partial charge in [-0.1, -0.05) is 0 Å². The number of nitrogens with one attached hydrogen (secondary N) is 4. The van der Waals surface area contributed by atoms with Gasteiger partial charge in [-0.3, -0.25) is 14.4 Å². The largest absolute Gasteiger partial charge is 0.431 e. The number of aryl methyl sites for hydroxylation is 1. The Bertz CT molecular complexity index is 1180. The van der Waals surface area contributed by atoms with Gasteiger partial charge in [-0.2, -0.15) is 18.2 Å². The molecule has 3 aliphatic carbocycles. The zero-order valence-electron chi connectivity index (χ0n) is 18.2. The van der Waals surface area contributed by atoms with Crippen molar-refractivity contribution >= 4 is 34.1 Å². The van der Waals surface area contributed by atoms with Crippen LogP contribution in [0, 0.1) is 11.8 Å². The summed E-state index contributed by atoms with van der Waals surface area (Å²) in [6.45, 7) is 0.580. The summed E-state index contributed by atoms with van der Waals surface area (Å²) in [4.78, 5) is 43.9. The van der Waals surface area contributed by atoms with Crippen LogP contribution in [0.3, 0.4) is 0 Å². The summed E-state index contributed by atoms with van der Waals surface area (Å²) in [7, 11) is 0. The minimum Gasteiger partial charge on any atom is -0.353 e. The fraction of sp³-hybridized carbons (Fsp3) is 0.545. The van der Waals surface area contributed by atoms with Gasteiger partial charge in [-0.25, -0.2) is 0 Å². The van der Waals surface area contributed by atoms with E-state index < -0.39 is 17.4 Å². The van der Waals surface area contributed by atoms with Crippen molar-refractivity contribution in [3.05, 3.63) is 38.1 Å². The van der Waals surface area contributed by atoms with Crippen molar-refractivity contribution in [1.82, 2.24) is 15.3 Å². The second-order valence-electron chi connectivity index (χ2n) is 9.19. The van der Waals surface area contributed by atoms with Gasteiger partial charge in [0.25, 0.3) is 11.5 Å². The van der Waals surface area contributed by atoms with Crippen molar-refractivity contribution in [2.45, 2.75) is 57.2 Å². The number of carbonyl (C=O) groups is 2. The first-order valence-electron chi connectivity index (χ1n) is 11.4. The van der Waals surface area contributed by atoms with Crippen LogP contribution in [0.4, 0.5) is 24.1 Å². The molecule has 0 saturated heterocycles. The highest BCUT2D eigenvalue weighted by Gasteiger charge is 2.35. The smallest absolute Gasteiger partial charge is 0.353 e. The highest BCUT2D eigenvalue weighted by Crippen LogP contribution is 2.40. The van der Waals surface area contributed by atoms with E-state index in [1.807, 2.05) is 0 Å². The minimum atomic E-state index is -4.70. The fourth-order valence-corrected chi connectivity index (χ4v) is 5.36. The molecule has 0 radical (unpaired) electrons. The predicted octanol–water partition coefficient (Wildman–Crippen LogP) is 3.31. The van der Waals surface area contributed by atoms with Crippen molar-refractivity contribution in [2.75, 3.05) is 17.2 Å². The summed E-state index contributed by atoms with van der Waals surface area (Å²) < 4.78 is 39.2. The molecule has 5 rings (SSSR count). The van der Waals surface area contributed by atoms with Crippen molar-refractivity contribution in [3.8, 4) is 0 Å². The number of fused-ring (bicyclic) bond motifs is 1. The molecule has 34 heavy (non-hydrogen) atoms. The highest BCUT2D eigenvalue weighted by molar-refractivity contribution is 7.17. The Morgan fingerprint density at radius 1 is 1.18 bits per heavy atom. The third-order valence-corrected chi connectivity index (χ3v) is 7.52. The average molecular weight is 496 g/mol. The summed E-state index contributed by atoms with van der Waals surface area (Å²) in [6, 6.07) is 0.0795. The molecule has 12 heteroatoms. The average Bonchev–Trinajstić information content (AvgIpc) is 3.68. The summed E-state index contributed by atoms with van der Waals surface area (Å²) in [6.07, 6.45) is 0.672. The van der Waals surface area contributed by atoms with Gasteiger partial charge in [-0.05, 0) is 56.4 Å². The Hall–Kier alpha value is -2.89. The Morgan fingerprint density at radius 2 is 1.94 bits per heavy atom. The van der Waals surface area contributed by atoms with Gasteiger partial charge in [0, 0.05) is 29.4 Å². The zero-order valence-corrected chi connectivity index (χ0v) is 19.0. The Balaban J connectivity index is 1.38. The molecule has 1 unspecified atom stereocenters. The number of amides is 2. The topological polar surface area (TPSA) is 116 Å². The molecular weight excluding hydrogens is 471 g/mol. The number of nitrogens with zero attached hydrogens (tertiary/aromatic N) is 1. The van der Waals surface area contributed by atoms with E-state index in [0.717, 1.165) is 36.1 Å². The lowest BCUT2D eigenvalue weighted by atomic mass is 9.91. The van der Waals surface area contributed by atoms with E-state index in [1.54, 1.807) is 0 Å². The molecule has 3 aliphatic rings. The summed E-state index contributed by atoms with van der Waals surface area (Å²) in [5.74, 6) is -0.122. The SMILES string of the molecule is O=C(NCC1CC1)c1c(NC(=O)C2CC2)sc2c1CC(Nc1nc(=O)cc(C(F)(F)F)[nH]1)CC2. The van der Waals surface area contributed by atoms with Gasteiger partial charge in [0.1, 0.15) is 10.7 Å². The van der Waals surface area contributed by atoms with Gasteiger partial charge >= 0.3 is 6.18 Å². The number of rotatable bonds is 7. The van der Waals surface area contributed by atoms with Crippen LogP contribution < -0.4 is 21.5 Å². The number of halogens is 3. The first-order chi connectivity index (χ1) is 16.2. The van der Waals surface area contributed by atoms with E-state index in [1.165, 1.54) is 11.3 Å². The van der Waals surface area contributed by atoms with Crippen LogP contribution in [-0.2, 0) is 23.8 Å². The van der Waals surface area contributed by atoms with Crippen LogP contribution in [0.25, 0.3) is 0 Å². The van der Waals surface area contributed by atoms with Crippen molar-refractivity contribution in [3.63, 3.8) is 0 Å². The number of carbonyl (C=O) groups excluding carboxylic acids is 2. The van der Waals surface area contributed by atoms with Gasteiger partial charge < -0.3 is 20.9 Å². The highest BCUT2D eigenvalue weighted by atomic mass is 32.1. The summed E-state index contributed by atoms with van der Waals surface area (Å²) in [5, 5.41) is 9.31. The number of hydrogen-bond donors (Lipinski definition) is 4. The first kappa shape index (κ1) is 22.9. The third-order valence-electron chi connectivity index (χ3n) is 6.31. The molecule has 2 amide bonds. The Labute approximate surface area is 196 Å². The van der Waals surface area contributed by atoms with E-state index in [-0.39, 0.29) is 29.7 Å². The lowest BCUT2D eigenvalue weighted by molar-refractivity contribution is -0.141. The Kier molecular flexibility index (Phi) is 5.86. The number of hydrogen-bond acceptors (Lipinski definition) is 6. The molecule has 2 heterocycles. The van der Waals surface area contributed by atoms with Crippen LogP contribution in [0.5, 0.6) is 0 Å². The molecule has 8 nitrogen and oxygen atoms in total. The molecule has 0 aromatic carbocycles. The van der Waals surface area contributed by atoms with E-state index in [9.17, 15) is 27.6 Å². The maximum atomic E-state index is 13.1. The standard InChI is InChI=1S/C22H24F3N5O3S/c23-22(24,25)15-8-16(31)29-21(28-15)27-12-5-6-14-13(7-12)17(19(33)26-9-10-1-2-10)20(34-14)30-18(32)11-3-4-11/h8,10-12H,1-7,9H2,(H,26,33)(H,30,32)(H2,27,28,29,31). The van der Waals surface area contributed by atoms with Crippen LogP contribution in [-0.4, -0.2) is 34.4 Å². The molecule has 4 N–H and O–H groups in total. The molecular formula is C22H24F3N5O3S. The van der Waals surface area contributed by atoms with Crippen LogP contribution in [0.2, 0.25) is 0 Å². The van der Waals surface area contributed by atoms with E-state index in [0.29, 0.717) is 48.4 Å². The van der Waals surface area contributed by atoms with Crippen molar-refractivity contribution < 1.29 is 22.8 Å². The van der Waals surface area contributed by atoms with E-state index in [4.69, 9.17) is 0 Å². The summed E-state index contributed by atoms with van der Waals surface area (Å²) >= 11 is 1.39. The quantitative estimate of drug-likeness (QED) is 0.470. The molecule has 1 atom stereocenters. The van der Waals surface area contributed by atoms with E-state index in [2.05, 4.69) is 25.9 Å². The third kappa shape index (κ3) is 5.11. The molecule has 0 spiro atoms. The lowest BCUT2D eigenvalue weighted by Crippen LogP contribution is -2.32. The number of alkyl halides is 3. The normalized spacial score (nSPS) is 19.9. The van der Waals surface area contributed by atoms with Crippen LogP contribution in [0.15, 0.2) is 10.9 Å². The van der Waals surface area contributed by atoms with Gasteiger partial charge in [-0.15, -0.1) is 11.3 Å². The molecule has 2 aromatic rings. The number of anilines is 2. The molecule has 2 saturated carbocycles. The first-order valence-corrected chi connectivity index (χ1v) is 12.2. The fourth-order valence-electron chi connectivity index (χ4n) is 4.11.